The molecule has 3 aromatic rings. The van der Waals surface area contributed by atoms with Gasteiger partial charge in [-0.15, -0.1) is 20.4 Å². The molecule has 2 aromatic heterocycles. The van der Waals surface area contributed by atoms with Crippen molar-refractivity contribution in [2.75, 3.05) is 5.32 Å². The lowest BCUT2D eigenvalue weighted by Gasteiger charge is -2.02. The van der Waals surface area contributed by atoms with Gasteiger partial charge in [-0.05, 0) is 31.9 Å². The molecule has 118 valence electrons. The van der Waals surface area contributed by atoms with Gasteiger partial charge in [0, 0.05) is 11.6 Å². The molecule has 1 saturated carbocycles. The van der Waals surface area contributed by atoms with Gasteiger partial charge in [-0.25, -0.2) is 0 Å². The van der Waals surface area contributed by atoms with Gasteiger partial charge in [-0.1, -0.05) is 41.3 Å². The van der Waals surface area contributed by atoms with Crippen molar-refractivity contribution in [3.05, 3.63) is 36.2 Å². The fourth-order valence-corrected chi connectivity index (χ4v) is 4.02. The van der Waals surface area contributed by atoms with E-state index in [1.165, 1.54) is 12.8 Å². The Morgan fingerprint density at radius 2 is 2.00 bits per heavy atom. The minimum absolute atomic E-state index is 0.0293. The third kappa shape index (κ3) is 3.53. The highest BCUT2D eigenvalue weighted by Crippen LogP contribution is 2.38. The smallest absolute Gasteiger partial charge is 0.247 e. The minimum Gasteiger partial charge on any atom is -0.419 e. The van der Waals surface area contributed by atoms with Gasteiger partial charge in [0.25, 0.3) is 0 Å². The second-order valence-corrected chi connectivity index (χ2v) is 7.93. The van der Waals surface area contributed by atoms with Crippen molar-refractivity contribution >= 4 is 28.2 Å². The molecule has 0 spiro atoms. The fourth-order valence-electron chi connectivity index (χ4n) is 2.02. The lowest BCUT2D eigenvalue weighted by molar-refractivity contribution is 0.509. The van der Waals surface area contributed by atoms with Crippen LogP contribution >= 0.6 is 23.1 Å². The quantitative estimate of drug-likeness (QED) is 0.676. The van der Waals surface area contributed by atoms with Gasteiger partial charge in [0.05, 0.1) is 5.25 Å². The second kappa shape index (κ2) is 6.29. The molecule has 1 aliphatic rings. The normalized spacial score (nSPS) is 15.5. The topological polar surface area (TPSA) is 76.7 Å². The zero-order chi connectivity index (χ0) is 15.6. The highest BCUT2D eigenvalue weighted by Gasteiger charge is 2.23. The van der Waals surface area contributed by atoms with Crippen LogP contribution in [0, 0.1) is 0 Å². The first kappa shape index (κ1) is 14.6. The number of thioether (sulfide) groups is 1. The van der Waals surface area contributed by atoms with Crippen LogP contribution in [0.1, 0.15) is 30.9 Å². The van der Waals surface area contributed by atoms with Crippen LogP contribution in [0.4, 0.5) is 5.13 Å². The Balaban J connectivity index is 1.43. The molecule has 23 heavy (non-hydrogen) atoms. The number of nitrogens with zero attached hydrogens (tertiary/aromatic N) is 4. The summed E-state index contributed by atoms with van der Waals surface area (Å²) in [5.41, 5.74) is 0.926. The van der Waals surface area contributed by atoms with Crippen LogP contribution < -0.4 is 5.32 Å². The molecule has 0 aliphatic heterocycles. The predicted octanol–water partition coefficient (Wildman–Crippen LogP) is 4.02. The molecule has 0 bridgehead atoms. The molecular weight excluding hydrogens is 330 g/mol. The van der Waals surface area contributed by atoms with Gasteiger partial charge < -0.3 is 9.73 Å². The summed E-state index contributed by atoms with van der Waals surface area (Å²) in [6, 6.07) is 10.4. The average Bonchev–Trinajstić information content (AvgIpc) is 3.07. The van der Waals surface area contributed by atoms with Gasteiger partial charge in [0.2, 0.25) is 16.9 Å². The summed E-state index contributed by atoms with van der Waals surface area (Å²) >= 11 is 3.15. The van der Waals surface area contributed by atoms with Gasteiger partial charge in [-0.2, -0.15) is 0 Å². The third-order valence-electron chi connectivity index (χ3n) is 3.40. The molecule has 0 saturated heterocycles. The fraction of sp³-hybridized carbons (Fsp3) is 0.333. The summed E-state index contributed by atoms with van der Waals surface area (Å²) in [5.74, 6) is 1.14. The molecule has 1 aromatic carbocycles. The van der Waals surface area contributed by atoms with E-state index in [0.29, 0.717) is 17.8 Å². The molecule has 1 fully saturated rings. The van der Waals surface area contributed by atoms with E-state index < -0.39 is 0 Å². The number of aromatic nitrogens is 4. The number of anilines is 1. The van der Waals surface area contributed by atoms with Gasteiger partial charge in [0.1, 0.15) is 0 Å². The number of hydrogen-bond donors (Lipinski definition) is 1. The molecular formula is C15H15N5OS2. The molecule has 2 heterocycles. The standard InChI is InChI=1S/C15H15N5OS2/c1-9(22-15-20-19-14(23-15)16-11-7-8-11)12-17-18-13(21-12)10-5-3-2-4-6-10/h2-6,9,11H,7-8H2,1H3,(H,16,19). The maximum atomic E-state index is 5.78. The molecule has 1 aliphatic carbocycles. The van der Waals surface area contributed by atoms with Crippen LogP contribution in [0.5, 0.6) is 0 Å². The number of rotatable bonds is 6. The number of hydrogen-bond acceptors (Lipinski definition) is 8. The molecule has 0 amide bonds. The Hall–Kier alpha value is -1.93. The molecule has 6 nitrogen and oxygen atoms in total. The zero-order valence-corrected chi connectivity index (χ0v) is 14.1. The Kier molecular flexibility index (Phi) is 4.00. The Labute approximate surface area is 141 Å². The lowest BCUT2D eigenvalue weighted by Crippen LogP contribution is -1.99. The molecule has 1 N–H and O–H groups in total. The van der Waals surface area contributed by atoms with Crippen molar-refractivity contribution in [1.82, 2.24) is 20.4 Å². The minimum atomic E-state index is 0.0293. The maximum absolute atomic E-state index is 5.78. The van der Waals surface area contributed by atoms with E-state index in [2.05, 4.69) is 25.7 Å². The van der Waals surface area contributed by atoms with E-state index in [1.54, 1.807) is 23.1 Å². The summed E-state index contributed by atoms with van der Waals surface area (Å²) in [4.78, 5) is 0. The summed E-state index contributed by atoms with van der Waals surface area (Å²) < 4.78 is 6.69. The number of nitrogens with one attached hydrogen (secondary N) is 1. The van der Waals surface area contributed by atoms with Crippen molar-refractivity contribution in [2.45, 2.75) is 35.4 Å². The highest BCUT2D eigenvalue weighted by atomic mass is 32.2. The van der Waals surface area contributed by atoms with Gasteiger partial charge >= 0.3 is 0 Å². The molecule has 8 heteroatoms. The van der Waals surface area contributed by atoms with Crippen LogP contribution in [-0.4, -0.2) is 26.4 Å². The average molecular weight is 345 g/mol. The monoisotopic (exact) mass is 345 g/mol. The van der Waals surface area contributed by atoms with Crippen molar-refractivity contribution in [3.8, 4) is 11.5 Å². The Morgan fingerprint density at radius 1 is 1.17 bits per heavy atom. The first-order valence-corrected chi connectivity index (χ1v) is 9.13. The van der Waals surface area contributed by atoms with Crippen LogP contribution in [-0.2, 0) is 0 Å². The first-order chi connectivity index (χ1) is 11.3. The largest absolute Gasteiger partial charge is 0.419 e. The van der Waals surface area contributed by atoms with Crippen molar-refractivity contribution < 1.29 is 4.42 Å². The van der Waals surface area contributed by atoms with E-state index in [-0.39, 0.29) is 5.25 Å². The lowest BCUT2D eigenvalue weighted by atomic mass is 10.2. The predicted molar refractivity (Wildman–Crippen MR) is 90.6 cm³/mol. The number of benzene rings is 1. The first-order valence-electron chi connectivity index (χ1n) is 7.43. The highest BCUT2D eigenvalue weighted by molar-refractivity contribution is 8.01. The molecule has 4 rings (SSSR count). The van der Waals surface area contributed by atoms with Gasteiger partial charge in [0.15, 0.2) is 4.34 Å². The van der Waals surface area contributed by atoms with Crippen LogP contribution in [0.25, 0.3) is 11.5 Å². The second-order valence-electron chi connectivity index (χ2n) is 5.36. The zero-order valence-electron chi connectivity index (χ0n) is 12.5. The Bertz CT molecular complexity index is 784. The van der Waals surface area contributed by atoms with E-state index >= 15 is 0 Å². The van der Waals surface area contributed by atoms with Crippen molar-refractivity contribution in [3.63, 3.8) is 0 Å². The summed E-state index contributed by atoms with van der Waals surface area (Å²) in [5, 5.41) is 20.9. The molecule has 1 atom stereocenters. The summed E-state index contributed by atoms with van der Waals surface area (Å²) in [6.45, 7) is 2.03. The third-order valence-corrected chi connectivity index (χ3v) is 5.42. The van der Waals surface area contributed by atoms with Crippen LogP contribution in [0.15, 0.2) is 39.1 Å². The van der Waals surface area contributed by atoms with Crippen molar-refractivity contribution in [2.24, 2.45) is 0 Å². The SMILES string of the molecule is CC(Sc1nnc(NC2CC2)s1)c1nnc(-c2ccccc2)o1. The van der Waals surface area contributed by atoms with Crippen molar-refractivity contribution in [1.29, 1.82) is 0 Å². The van der Waals surface area contributed by atoms with Crippen LogP contribution in [0.2, 0.25) is 0 Å². The van der Waals surface area contributed by atoms with E-state index in [1.807, 2.05) is 37.3 Å². The Morgan fingerprint density at radius 3 is 2.78 bits per heavy atom. The van der Waals surface area contributed by atoms with E-state index in [4.69, 9.17) is 4.42 Å². The summed E-state index contributed by atoms with van der Waals surface area (Å²) in [6.07, 6.45) is 2.45. The molecule has 1 unspecified atom stereocenters. The van der Waals surface area contributed by atoms with Gasteiger partial charge in [-0.3, -0.25) is 0 Å². The van der Waals surface area contributed by atoms with E-state index in [0.717, 1.165) is 15.0 Å². The summed E-state index contributed by atoms with van der Waals surface area (Å²) in [7, 11) is 0. The maximum Gasteiger partial charge on any atom is 0.247 e. The van der Waals surface area contributed by atoms with E-state index in [9.17, 15) is 0 Å². The molecule has 0 radical (unpaired) electrons. The van der Waals surface area contributed by atoms with Crippen LogP contribution in [0.3, 0.4) is 0 Å².